The number of rotatable bonds is 6. The molecule has 0 fully saturated rings. The van der Waals surface area contributed by atoms with Gasteiger partial charge in [-0.2, -0.15) is 9.90 Å². The predicted molar refractivity (Wildman–Crippen MR) is 93.6 cm³/mol. The maximum Gasteiger partial charge on any atom is 0.263 e. The van der Waals surface area contributed by atoms with Gasteiger partial charge in [0, 0.05) is 17.2 Å². The lowest BCUT2D eigenvalue weighted by molar-refractivity contribution is -0.122. The molecule has 0 radical (unpaired) electrons. The zero-order valence-electron chi connectivity index (χ0n) is 13.9. The molecule has 0 atom stereocenters. The molecule has 3 rings (SSSR count). The van der Waals surface area contributed by atoms with E-state index in [9.17, 15) is 9.90 Å². The Balaban J connectivity index is 1.57. The summed E-state index contributed by atoms with van der Waals surface area (Å²) in [7, 11) is 1.50. The molecule has 2 aromatic carbocycles. The monoisotopic (exact) mass is 352 g/mol. The van der Waals surface area contributed by atoms with Gasteiger partial charge in [0.05, 0.1) is 13.3 Å². The molecule has 0 saturated heterocycles. The average Bonchev–Trinajstić information content (AvgIpc) is 3.12. The van der Waals surface area contributed by atoms with Crippen molar-refractivity contribution in [1.82, 2.24) is 25.6 Å². The minimum absolute atomic E-state index is 0.00667. The van der Waals surface area contributed by atoms with Crippen molar-refractivity contribution in [3.63, 3.8) is 0 Å². The summed E-state index contributed by atoms with van der Waals surface area (Å²) in [4.78, 5) is 13.1. The van der Waals surface area contributed by atoms with Gasteiger partial charge in [-0.05, 0) is 17.3 Å². The summed E-state index contributed by atoms with van der Waals surface area (Å²) in [6, 6.07) is 14.1. The Kier molecular flexibility index (Phi) is 5.18. The number of benzene rings is 2. The van der Waals surface area contributed by atoms with Gasteiger partial charge in [-0.1, -0.05) is 30.3 Å². The second-order valence-corrected chi connectivity index (χ2v) is 5.23. The number of tetrazole rings is 1. The Bertz CT molecular complexity index is 923. The zero-order chi connectivity index (χ0) is 18.4. The molecule has 2 N–H and O–H groups in total. The number of nitrogens with zero attached hydrogens (tertiary/aromatic N) is 5. The first kappa shape index (κ1) is 17.1. The number of carbonyl (C=O) groups is 1. The summed E-state index contributed by atoms with van der Waals surface area (Å²) in [6.45, 7) is -0.133. The van der Waals surface area contributed by atoms with E-state index in [4.69, 9.17) is 4.74 Å². The van der Waals surface area contributed by atoms with Gasteiger partial charge >= 0.3 is 0 Å². The Morgan fingerprint density at radius 3 is 2.85 bits per heavy atom. The fourth-order valence-corrected chi connectivity index (χ4v) is 2.11. The number of nitrogens with one attached hydrogen (secondary N) is 1. The number of ether oxygens (including phenoxy) is 1. The summed E-state index contributed by atoms with van der Waals surface area (Å²) in [5, 5.41) is 25.5. The van der Waals surface area contributed by atoms with Crippen LogP contribution in [0.1, 0.15) is 5.56 Å². The average molecular weight is 352 g/mol. The summed E-state index contributed by atoms with van der Waals surface area (Å²) < 4.78 is 5.00. The van der Waals surface area contributed by atoms with Crippen LogP contribution in [0.2, 0.25) is 0 Å². The lowest BCUT2D eigenvalue weighted by atomic mass is 10.2. The second kappa shape index (κ2) is 7.88. The molecule has 0 aliphatic rings. The van der Waals surface area contributed by atoms with E-state index in [-0.39, 0.29) is 12.3 Å². The second-order valence-electron chi connectivity index (χ2n) is 5.23. The molecule has 1 heterocycles. The standard InChI is InChI=1S/C17H16N6O3/c1-26-14-8-7-13(15(24)9-14)10-18-19-16(25)11-23-21-17(20-22-23)12-5-3-2-4-6-12/h2-10,24H,11H2,1H3,(H,19,25)/b18-10-. The highest BCUT2D eigenvalue weighted by Crippen LogP contribution is 2.21. The van der Waals surface area contributed by atoms with E-state index in [1.54, 1.807) is 12.1 Å². The summed E-state index contributed by atoms with van der Waals surface area (Å²) in [5.41, 5.74) is 3.60. The number of phenolic OH excluding ortho intramolecular Hbond substituents is 1. The van der Waals surface area contributed by atoms with Crippen LogP contribution in [0.25, 0.3) is 11.4 Å². The number of carbonyl (C=O) groups excluding carboxylic acids is 1. The van der Waals surface area contributed by atoms with Gasteiger partial charge in [-0.15, -0.1) is 10.2 Å². The van der Waals surface area contributed by atoms with Gasteiger partial charge in [0.25, 0.3) is 5.91 Å². The van der Waals surface area contributed by atoms with Crippen molar-refractivity contribution in [2.75, 3.05) is 7.11 Å². The summed E-state index contributed by atoms with van der Waals surface area (Å²) >= 11 is 0. The van der Waals surface area contributed by atoms with Crippen molar-refractivity contribution in [2.24, 2.45) is 5.10 Å². The lowest BCUT2D eigenvalue weighted by Crippen LogP contribution is -2.24. The van der Waals surface area contributed by atoms with Crippen molar-refractivity contribution in [2.45, 2.75) is 6.54 Å². The third-order valence-corrected chi connectivity index (χ3v) is 3.40. The number of amides is 1. The molecule has 132 valence electrons. The molecule has 0 spiro atoms. The third kappa shape index (κ3) is 4.20. The molecule has 0 bridgehead atoms. The van der Waals surface area contributed by atoms with Crippen molar-refractivity contribution >= 4 is 12.1 Å². The predicted octanol–water partition coefficient (Wildman–Crippen LogP) is 1.20. The first-order valence-electron chi connectivity index (χ1n) is 7.68. The Labute approximate surface area is 148 Å². The van der Waals surface area contributed by atoms with Gasteiger partial charge in [0.15, 0.2) is 0 Å². The number of methoxy groups -OCH3 is 1. The van der Waals surface area contributed by atoms with Gasteiger partial charge in [-0.25, -0.2) is 5.43 Å². The van der Waals surface area contributed by atoms with E-state index in [0.717, 1.165) is 5.56 Å². The fourth-order valence-electron chi connectivity index (χ4n) is 2.11. The van der Waals surface area contributed by atoms with Gasteiger partial charge in [0.1, 0.15) is 18.0 Å². The van der Waals surface area contributed by atoms with Crippen LogP contribution < -0.4 is 10.2 Å². The third-order valence-electron chi connectivity index (χ3n) is 3.40. The number of aromatic hydroxyl groups is 1. The number of aromatic nitrogens is 4. The number of hydrogen-bond donors (Lipinski definition) is 2. The maximum atomic E-state index is 11.9. The van der Waals surface area contributed by atoms with E-state index in [0.29, 0.717) is 17.1 Å². The molecular formula is C17H16N6O3. The number of phenols is 1. The lowest BCUT2D eigenvalue weighted by Gasteiger charge is -2.03. The van der Waals surface area contributed by atoms with E-state index in [1.165, 1.54) is 24.2 Å². The Hall–Kier alpha value is -3.75. The van der Waals surface area contributed by atoms with E-state index >= 15 is 0 Å². The molecule has 0 aliphatic carbocycles. The van der Waals surface area contributed by atoms with Crippen molar-refractivity contribution < 1.29 is 14.6 Å². The van der Waals surface area contributed by atoms with Crippen molar-refractivity contribution in [1.29, 1.82) is 0 Å². The highest BCUT2D eigenvalue weighted by Gasteiger charge is 2.08. The molecule has 0 saturated carbocycles. The summed E-state index contributed by atoms with van der Waals surface area (Å²) in [6.07, 6.45) is 1.33. The largest absolute Gasteiger partial charge is 0.507 e. The molecule has 0 unspecified atom stereocenters. The first-order chi connectivity index (χ1) is 12.7. The Morgan fingerprint density at radius 1 is 1.31 bits per heavy atom. The number of hydrazone groups is 1. The molecule has 1 amide bonds. The van der Waals surface area contributed by atoms with E-state index < -0.39 is 5.91 Å². The molecule has 9 nitrogen and oxygen atoms in total. The van der Waals surface area contributed by atoms with Gasteiger partial charge < -0.3 is 9.84 Å². The van der Waals surface area contributed by atoms with Crippen LogP contribution >= 0.6 is 0 Å². The molecule has 1 aromatic heterocycles. The Morgan fingerprint density at radius 2 is 2.12 bits per heavy atom. The maximum absolute atomic E-state index is 11.9. The molecule has 3 aromatic rings. The van der Waals surface area contributed by atoms with Crippen LogP contribution in [0, 0.1) is 0 Å². The number of hydrogen-bond acceptors (Lipinski definition) is 7. The summed E-state index contributed by atoms with van der Waals surface area (Å²) in [5.74, 6) is 0.527. The highest BCUT2D eigenvalue weighted by atomic mass is 16.5. The molecule has 0 aliphatic heterocycles. The molecule has 9 heteroatoms. The van der Waals surface area contributed by atoms with Crippen LogP contribution in [0.5, 0.6) is 11.5 Å². The first-order valence-corrected chi connectivity index (χ1v) is 7.68. The fraction of sp³-hybridized carbons (Fsp3) is 0.118. The highest BCUT2D eigenvalue weighted by molar-refractivity contribution is 5.85. The van der Waals surface area contributed by atoms with Crippen LogP contribution in [0.4, 0.5) is 0 Å². The topological polar surface area (TPSA) is 115 Å². The van der Waals surface area contributed by atoms with Crippen LogP contribution in [0.15, 0.2) is 53.6 Å². The van der Waals surface area contributed by atoms with E-state index in [1.807, 2.05) is 30.3 Å². The minimum Gasteiger partial charge on any atom is -0.507 e. The van der Waals surface area contributed by atoms with Gasteiger partial charge in [0.2, 0.25) is 5.82 Å². The smallest absolute Gasteiger partial charge is 0.263 e. The van der Waals surface area contributed by atoms with E-state index in [2.05, 4.69) is 25.9 Å². The van der Waals surface area contributed by atoms with Gasteiger partial charge in [-0.3, -0.25) is 4.79 Å². The van der Waals surface area contributed by atoms with Crippen LogP contribution in [-0.4, -0.2) is 44.5 Å². The quantitative estimate of drug-likeness (QED) is 0.509. The van der Waals surface area contributed by atoms with Crippen LogP contribution in [-0.2, 0) is 11.3 Å². The molecule has 26 heavy (non-hydrogen) atoms. The zero-order valence-corrected chi connectivity index (χ0v) is 13.9. The SMILES string of the molecule is COc1ccc(/C=N\NC(=O)Cn2nnc(-c3ccccc3)n2)c(O)c1. The van der Waals surface area contributed by atoms with Crippen molar-refractivity contribution in [3.8, 4) is 22.9 Å². The van der Waals surface area contributed by atoms with Crippen LogP contribution in [0.3, 0.4) is 0 Å². The minimum atomic E-state index is -0.425. The normalized spacial score (nSPS) is 10.8. The van der Waals surface area contributed by atoms with Crippen molar-refractivity contribution in [3.05, 3.63) is 54.1 Å². The molecular weight excluding hydrogens is 336 g/mol.